The molecule has 0 fully saturated rings. The largest absolute Gasteiger partial charge is 0.462 e. The molecule has 3 aromatic rings. The molecule has 0 aliphatic heterocycles. The fourth-order valence-corrected chi connectivity index (χ4v) is 3.14. The molecule has 1 amide bonds. The number of rotatable bonds is 7. The van der Waals surface area contributed by atoms with Crippen LogP contribution in [0.4, 0.5) is 5.69 Å². The van der Waals surface area contributed by atoms with Crippen molar-refractivity contribution in [1.82, 2.24) is 15.2 Å². The second-order valence-corrected chi connectivity index (χ2v) is 6.93. The van der Waals surface area contributed by atoms with E-state index in [1.807, 2.05) is 18.2 Å². The van der Waals surface area contributed by atoms with Crippen molar-refractivity contribution in [2.45, 2.75) is 12.1 Å². The first-order valence-corrected chi connectivity index (χ1v) is 9.80. The minimum absolute atomic E-state index is 0.138. The number of carbonyl (C=O) groups is 2. The van der Waals surface area contributed by atoms with E-state index in [4.69, 9.17) is 16.3 Å². The van der Waals surface area contributed by atoms with E-state index in [9.17, 15) is 9.59 Å². The fourth-order valence-electron chi connectivity index (χ4n) is 2.32. The van der Waals surface area contributed by atoms with Crippen LogP contribution in [0.1, 0.15) is 17.3 Å². The second kappa shape index (κ2) is 9.38. The highest BCUT2D eigenvalue weighted by molar-refractivity contribution is 7.99. The lowest BCUT2D eigenvalue weighted by Gasteiger charge is -2.05. The predicted molar refractivity (Wildman–Crippen MR) is 109 cm³/mol. The van der Waals surface area contributed by atoms with Crippen LogP contribution < -0.4 is 5.32 Å². The summed E-state index contributed by atoms with van der Waals surface area (Å²) in [5, 5.41) is 10.7. The van der Waals surface area contributed by atoms with E-state index < -0.39 is 5.97 Å². The van der Waals surface area contributed by atoms with Gasteiger partial charge in [0.2, 0.25) is 11.1 Å². The summed E-state index contributed by atoms with van der Waals surface area (Å²) >= 11 is 7.35. The number of aromatic amines is 1. The number of nitrogens with zero attached hydrogens (tertiary/aromatic N) is 2. The Hall–Kier alpha value is -2.84. The number of halogens is 1. The number of esters is 1. The fraction of sp³-hybridized carbons (Fsp3) is 0.158. The third-order valence-electron chi connectivity index (χ3n) is 3.61. The number of hydrogen-bond donors (Lipinski definition) is 2. The van der Waals surface area contributed by atoms with Gasteiger partial charge in [-0.2, -0.15) is 0 Å². The SMILES string of the molecule is CCOC(=O)c1ccc(NC(=O)CSc2n[nH]c(-c3ccccc3Cl)n2)cc1. The third-order valence-corrected chi connectivity index (χ3v) is 4.78. The quantitative estimate of drug-likeness (QED) is 0.445. The number of hydrogen-bond acceptors (Lipinski definition) is 6. The molecule has 0 bridgehead atoms. The molecular weight excluding hydrogens is 400 g/mol. The summed E-state index contributed by atoms with van der Waals surface area (Å²) < 4.78 is 4.92. The molecule has 0 unspecified atom stereocenters. The number of carbonyl (C=O) groups excluding carboxylic acids is 2. The van der Waals surface area contributed by atoms with E-state index in [1.165, 1.54) is 11.8 Å². The van der Waals surface area contributed by atoms with Crippen LogP contribution in [0.2, 0.25) is 5.02 Å². The number of ether oxygens (including phenoxy) is 1. The van der Waals surface area contributed by atoms with Gasteiger partial charge in [0, 0.05) is 11.3 Å². The topological polar surface area (TPSA) is 97.0 Å². The van der Waals surface area contributed by atoms with Crippen LogP contribution in [0.15, 0.2) is 53.7 Å². The van der Waals surface area contributed by atoms with Gasteiger partial charge in [0.1, 0.15) is 0 Å². The molecule has 1 aromatic heterocycles. The lowest BCUT2D eigenvalue weighted by atomic mass is 10.2. The normalized spacial score (nSPS) is 10.5. The number of anilines is 1. The zero-order valence-electron chi connectivity index (χ0n) is 14.9. The predicted octanol–water partition coefficient (Wildman–Crippen LogP) is 4.03. The first kappa shape index (κ1) is 19.9. The molecule has 144 valence electrons. The average molecular weight is 417 g/mol. The van der Waals surface area contributed by atoms with E-state index >= 15 is 0 Å². The second-order valence-electron chi connectivity index (χ2n) is 5.58. The van der Waals surface area contributed by atoms with Gasteiger partial charge in [-0.25, -0.2) is 9.78 Å². The molecule has 0 radical (unpaired) electrons. The molecule has 0 aliphatic carbocycles. The van der Waals surface area contributed by atoms with Crippen molar-refractivity contribution in [2.75, 3.05) is 17.7 Å². The van der Waals surface area contributed by atoms with Crippen molar-refractivity contribution < 1.29 is 14.3 Å². The van der Waals surface area contributed by atoms with Gasteiger partial charge in [-0.1, -0.05) is 35.5 Å². The van der Waals surface area contributed by atoms with Crippen LogP contribution in [0.5, 0.6) is 0 Å². The Morgan fingerprint density at radius 1 is 1.18 bits per heavy atom. The van der Waals surface area contributed by atoms with Crippen LogP contribution in [-0.2, 0) is 9.53 Å². The Labute approximate surface area is 170 Å². The lowest BCUT2D eigenvalue weighted by molar-refractivity contribution is -0.113. The van der Waals surface area contributed by atoms with Crippen molar-refractivity contribution in [2.24, 2.45) is 0 Å². The summed E-state index contributed by atoms with van der Waals surface area (Å²) in [6.07, 6.45) is 0. The van der Waals surface area contributed by atoms with Gasteiger partial charge in [-0.05, 0) is 43.3 Å². The molecule has 28 heavy (non-hydrogen) atoms. The highest BCUT2D eigenvalue weighted by atomic mass is 35.5. The maximum absolute atomic E-state index is 12.1. The van der Waals surface area contributed by atoms with Gasteiger partial charge in [-0.3, -0.25) is 9.89 Å². The summed E-state index contributed by atoms with van der Waals surface area (Å²) in [6.45, 7) is 2.06. The van der Waals surface area contributed by atoms with Gasteiger partial charge in [-0.15, -0.1) is 5.10 Å². The monoisotopic (exact) mass is 416 g/mol. The Balaban J connectivity index is 1.54. The number of H-pyrrole nitrogens is 1. The third kappa shape index (κ3) is 5.11. The van der Waals surface area contributed by atoms with E-state index in [0.29, 0.717) is 33.9 Å². The molecule has 1 heterocycles. The molecule has 2 aromatic carbocycles. The van der Waals surface area contributed by atoms with Crippen molar-refractivity contribution in [3.05, 3.63) is 59.1 Å². The zero-order chi connectivity index (χ0) is 19.9. The van der Waals surface area contributed by atoms with Crippen molar-refractivity contribution in [3.8, 4) is 11.4 Å². The van der Waals surface area contributed by atoms with Crippen LogP contribution in [0.25, 0.3) is 11.4 Å². The molecule has 3 rings (SSSR count). The highest BCUT2D eigenvalue weighted by Gasteiger charge is 2.12. The van der Waals surface area contributed by atoms with Gasteiger partial charge in [0.05, 0.1) is 22.9 Å². The summed E-state index contributed by atoms with van der Waals surface area (Å²) in [7, 11) is 0. The maximum Gasteiger partial charge on any atom is 0.338 e. The highest BCUT2D eigenvalue weighted by Crippen LogP contribution is 2.26. The molecule has 0 atom stereocenters. The molecule has 0 spiro atoms. The number of nitrogens with one attached hydrogen (secondary N) is 2. The van der Waals surface area contributed by atoms with Crippen molar-refractivity contribution in [1.29, 1.82) is 0 Å². The van der Waals surface area contributed by atoms with Crippen LogP contribution >= 0.6 is 23.4 Å². The van der Waals surface area contributed by atoms with Gasteiger partial charge >= 0.3 is 5.97 Å². The summed E-state index contributed by atoms with van der Waals surface area (Å²) in [5.41, 5.74) is 1.77. The Morgan fingerprint density at radius 2 is 1.93 bits per heavy atom. The number of amides is 1. The Kier molecular flexibility index (Phi) is 6.67. The van der Waals surface area contributed by atoms with Crippen LogP contribution in [-0.4, -0.2) is 39.4 Å². The van der Waals surface area contributed by atoms with Crippen LogP contribution in [0, 0.1) is 0 Å². The molecule has 7 nitrogen and oxygen atoms in total. The molecule has 2 N–H and O–H groups in total. The minimum Gasteiger partial charge on any atom is -0.462 e. The Morgan fingerprint density at radius 3 is 2.64 bits per heavy atom. The van der Waals surface area contributed by atoms with Crippen molar-refractivity contribution in [3.63, 3.8) is 0 Å². The summed E-state index contributed by atoms with van der Waals surface area (Å²) in [5.74, 6) is 0.0790. The first-order chi connectivity index (χ1) is 13.6. The smallest absolute Gasteiger partial charge is 0.338 e. The van der Waals surface area contributed by atoms with Gasteiger partial charge in [0.15, 0.2) is 5.82 Å². The lowest BCUT2D eigenvalue weighted by Crippen LogP contribution is -2.14. The van der Waals surface area contributed by atoms with Gasteiger partial charge < -0.3 is 10.1 Å². The summed E-state index contributed by atoms with van der Waals surface area (Å²) in [4.78, 5) is 28.1. The van der Waals surface area contributed by atoms with Crippen molar-refractivity contribution >= 4 is 40.9 Å². The zero-order valence-corrected chi connectivity index (χ0v) is 16.5. The van der Waals surface area contributed by atoms with E-state index in [2.05, 4.69) is 20.5 Å². The summed E-state index contributed by atoms with van der Waals surface area (Å²) in [6, 6.07) is 13.8. The number of thioether (sulfide) groups is 1. The maximum atomic E-state index is 12.1. The first-order valence-electron chi connectivity index (χ1n) is 8.44. The molecule has 0 saturated carbocycles. The van der Waals surface area contributed by atoms with Gasteiger partial charge in [0.25, 0.3) is 0 Å². The molecule has 0 saturated heterocycles. The van der Waals surface area contributed by atoms with E-state index in [-0.39, 0.29) is 11.7 Å². The van der Waals surface area contributed by atoms with Crippen LogP contribution in [0.3, 0.4) is 0 Å². The standard InChI is InChI=1S/C19H17ClN4O3S/c1-2-27-18(26)12-7-9-13(10-8-12)21-16(25)11-28-19-22-17(23-24-19)14-5-3-4-6-15(14)20/h3-10H,2,11H2,1H3,(H,21,25)(H,22,23,24). The molecular formula is C19H17ClN4O3S. The van der Waals surface area contributed by atoms with E-state index in [1.54, 1.807) is 37.3 Å². The number of aromatic nitrogens is 3. The number of benzene rings is 2. The Bertz CT molecular complexity index is 975. The average Bonchev–Trinajstić information content (AvgIpc) is 3.16. The van der Waals surface area contributed by atoms with E-state index in [0.717, 1.165) is 5.56 Å². The minimum atomic E-state index is -0.394. The molecule has 0 aliphatic rings. The molecule has 9 heteroatoms.